The minimum atomic E-state index is -0.879. The van der Waals surface area contributed by atoms with Gasteiger partial charge in [0.25, 0.3) is 0 Å². The molecule has 0 radical (unpaired) electrons. The highest BCUT2D eigenvalue weighted by atomic mass is 19.1. The maximum absolute atomic E-state index is 13.8. The van der Waals surface area contributed by atoms with Crippen LogP contribution in [-0.4, -0.2) is 43.3 Å². The van der Waals surface area contributed by atoms with Gasteiger partial charge in [-0.1, -0.05) is 50.0 Å². The number of esters is 5. The van der Waals surface area contributed by atoms with Crippen molar-refractivity contribution in [1.29, 1.82) is 0 Å². The van der Waals surface area contributed by atoms with Gasteiger partial charge in [-0.3, -0.25) is 4.39 Å². The van der Waals surface area contributed by atoms with E-state index in [0.29, 0.717) is 28.2 Å². The normalized spacial score (nSPS) is 10.1. The Bertz CT molecular complexity index is 2630. The van der Waals surface area contributed by atoms with Gasteiger partial charge in [-0.25, -0.2) is 24.0 Å². The summed E-state index contributed by atoms with van der Waals surface area (Å²) in [6.07, 6.45) is 2.16. The van der Waals surface area contributed by atoms with Gasteiger partial charge < -0.3 is 33.2 Å². The van der Waals surface area contributed by atoms with Crippen molar-refractivity contribution in [3.8, 4) is 52.4 Å². The molecule has 0 saturated carbocycles. The molecule has 0 atom stereocenters. The first-order chi connectivity index (χ1) is 30.6. The Kier molecular flexibility index (Phi) is 17.7. The topological polar surface area (TPSA) is 150 Å². The van der Waals surface area contributed by atoms with Gasteiger partial charge in [0.05, 0.1) is 12.2 Å². The molecule has 0 heterocycles. The van der Waals surface area contributed by atoms with Crippen LogP contribution in [0.25, 0.3) is 0 Å². The Morgan fingerprint density at radius 3 is 1.66 bits per heavy atom. The SMILES string of the molecule is C=C(C)C(=O)OC=COc1ccc(C#Cc2ccc(C(=O)Oc3cc(OC(=O)C(=C)C)c(C#Cc4ccc(OCOC(=O)C(=C)C)cc4)c(OC(=O)C(=C)C)c3CCCF)cc2)cc1. The number of rotatable bonds is 17. The highest BCUT2D eigenvalue weighted by Crippen LogP contribution is 2.41. The van der Waals surface area contributed by atoms with E-state index in [9.17, 15) is 28.4 Å². The quantitative estimate of drug-likeness (QED) is 0.0249. The smallest absolute Gasteiger partial charge is 0.343 e. The summed E-state index contributed by atoms with van der Waals surface area (Å²) in [6, 6.07) is 20.6. The molecule has 0 aromatic heterocycles. The van der Waals surface area contributed by atoms with Gasteiger partial charge in [0.15, 0.2) is 11.5 Å². The molecule has 0 amide bonds. The number of ether oxygens (including phenoxy) is 7. The molecule has 0 N–H and O–H groups in total. The third-order valence-corrected chi connectivity index (χ3v) is 8.22. The summed E-state index contributed by atoms with van der Waals surface area (Å²) in [4.78, 5) is 62.8. The van der Waals surface area contributed by atoms with Gasteiger partial charge in [-0.05, 0) is 113 Å². The lowest BCUT2D eigenvalue weighted by molar-refractivity contribution is -0.145. The number of benzene rings is 4. The van der Waals surface area contributed by atoms with E-state index in [-0.39, 0.29) is 75.9 Å². The Hall–Kier alpha value is -8.42. The maximum atomic E-state index is 13.8. The number of alkyl halides is 1. The fraction of sp³-hybridized carbons (Fsp3) is 0.157. The van der Waals surface area contributed by atoms with Crippen molar-refractivity contribution in [2.75, 3.05) is 13.5 Å². The lowest BCUT2D eigenvalue weighted by Crippen LogP contribution is -2.16. The minimum Gasteiger partial charge on any atom is -0.462 e. The second-order valence-corrected chi connectivity index (χ2v) is 13.8. The van der Waals surface area contributed by atoms with E-state index in [2.05, 4.69) is 50.0 Å². The third kappa shape index (κ3) is 14.6. The standard InChI is InChI=1S/C51H43FO12/c1-32(2)47(53)59-29-28-58-40-22-15-37(16-23-40)12-11-36-13-20-39(21-14-36)51(57)63-44-30-45(62-49(55)34(5)6)43(46(42(44)10-9-27-52)64-50(56)35(7)8)26-19-38-17-24-41(25-18-38)60-31-61-48(54)33(3)4/h13-18,20-25,28-30H,1,3,5,7,9-10,27,31H2,2,4,6,8H3. The van der Waals surface area contributed by atoms with Crippen molar-refractivity contribution < 1.29 is 61.5 Å². The monoisotopic (exact) mass is 866 g/mol. The predicted octanol–water partition coefficient (Wildman–Crippen LogP) is 9.00. The molecule has 0 bridgehead atoms. The van der Waals surface area contributed by atoms with Gasteiger partial charge in [0.1, 0.15) is 35.3 Å². The molecule has 0 aliphatic carbocycles. The van der Waals surface area contributed by atoms with E-state index in [1.165, 1.54) is 52.2 Å². The number of carbonyl (C=O) groups is 5. The van der Waals surface area contributed by atoms with E-state index in [0.717, 1.165) is 6.26 Å². The zero-order valence-electron chi connectivity index (χ0n) is 35.6. The van der Waals surface area contributed by atoms with Crippen molar-refractivity contribution in [2.45, 2.75) is 40.5 Å². The van der Waals surface area contributed by atoms with E-state index < -0.39 is 36.5 Å². The van der Waals surface area contributed by atoms with Crippen LogP contribution in [0.1, 0.15) is 72.3 Å². The van der Waals surface area contributed by atoms with Crippen LogP contribution in [0.4, 0.5) is 4.39 Å². The molecule has 12 nitrogen and oxygen atoms in total. The van der Waals surface area contributed by atoms with Crippen molar-refractivity contribution in [3.63, 3.8) is 0 Å². The summed E-state index contributed by atoms with van der Waals surface area (Å²) in [5.41, 5.74) is 2.27. The summed E-state index contributed by atoms with van der Waals surface area (Å²) in [7, 11) is 0. The molecule has 64 heavy (non-hydrogen) atoms. The predicted molar refractivity (Wildman–Crippen MR) is 235 cm³/mol. The zero-order chi connectivity index (χ0) is 46.8. The van der Waals surface area contributed by atoms with Crippen LogP contribution in [0.3, 0.4) is 0 Å². The Morgan fingerprint density at radius 2 is 1.11 bits per heavy atom. The Morgan fingerprint density at radius 1 is 0.594 bits per heavy atom. The zero-order valence-corrected chi connectivity index (χ0v) is 35.6. The van der Waals surface area contributed by atoms with Crippen LogP contribution < -0.4 is 23.7 Å². The van der Waals surface area contributed by atoms with E-state index in [1.54, 1.807) is 60.7 Å². The molecule has 0 saturated heterocycles. The lowest BCUT2D eigenvalue weighted by atomic mass is 10.0. The molecule has 0 unspecified atom stereocenters. The number of halogens is 1. The second-order valence-electron chi connectivity index (χ2n) is 13.8. The molecule has 0 fully saturated rings. The molecule has 4 aromatic rings. The van der Waals surface area contributed by atoms with Crippen molar-refractivity contribution in [1.82, 2.24) is 0 Å². The molecule has 4 aromatic carbocycles. The molecule has 0 aliphatic heterocycles. The van der Waals surface area contributed by atoms with Crippen molar-refractivity contribution >= 4 is 29.8 Å². The largest absolute Gasteiger partial charge is 0.462 e. The van der Waals surface area contributed by atoms with E-state index in [1.807, 2.05) is 0 Å². The first-order valence-corrected chi connectivity index (χ1v) is 19.3. The molecule has 0 spiro atoms. The molecule has 326 valence electrons. The molecule has 0 aliphatic rings. The van der Waals surface area contributed by atoms with Crippen LogP contribution in [0.2, 0.25) is 0 Å². The van der Waals surface area contributed by atoms with Crippen LogP contribution in [0.5, 0.6) is 28.7 Å². The van der Waals surface area contributed by atoms with Gasteiger partial charge in [-0.15, -0.1) is 0 Å². The molecular weight excluding hydrogens is 824 g/mol. The van der Waals surface area contributed by atoms with Crippen LogP contribution in [-0.2, 0) is 35.1 Å². The lowest BCUT2D eigenvalue weighted by Gasteiger charge is -2.19. The summed E-state index contributed by atoms with van der Waals surface area (Å²) in [6.45, 7) is 19.0. The first kappa shape index (κ1) is 48.2. The maximum Gasteiger partial charge on any atom is 0.343 e. The first-order valence-electron chi connectivity index (χ1n) is 19.3. The third-order valence-electron chi connectivity index (χ3n) is 8.22. The van der Waals surface area contributed by atoms with Crippen LogP contribution in [0, 0.1) is 23.7 Å². The van der Waals surface area contributed by atoms with Crippen molar-refractivity contribution in [3.05, 3.63) is 173 Å². The fourth-order valence-corrected chi connectivity index (χ4v) is 4.85. The van der Waals surface area contributed by atoms with Crippen LogP contribution >= 0.6 is 0 Å². The Labute approximate surface area is 370 Å². The molecular formula is C51H43FO12. The number of hydrogen-bond acceptors (Lipinski definition) is 12. The summed E-state index contributed by atoms with van der Waals surface area (Å²) in [5, 5.41) is 0. The average molecular weight is 867 g/mol. The number of hydrogen-bond donors (Lipinski definition) is 0. The van der Waals surface area contributed by atoms with E-state index in [4.69, 9.17) is 33.2 Å². The average Bonchev–Trinajstić information content (AvgIpc) is 3.27. The van der Waals surface area contributed by atoms with Crippen molar-refractivity contribution in [2.24, 2.45) is 0 Å². The fourth-order valence-electron chi connectivity index (χ4n) is 4.85. The van der Waals surface area contributed by atoms with Crippen LogP contribution in [0.15, 0.2) is 140 Å². The Balaban J connectivity index is 1.65. The van der Waals surface area contributed by atoms with Gasteiger partial charge in [0, 0.05) is 50.6 Å². The molecule has 4 rings (SSSR count). The van der Waals surface area contributed by atoms with Gasteiger partial charge in [0.2, 0.25) is 6.79 Å². The summed E-state index contributed by atoms with van der Waals surface area (Å²) >= 11 is 0. The summed E-state index contributed by atoms with van der Waals surface area (Å²) < 4.78 is 51.7. The highest BCUT2D eigenvalue weighted by molar-refractivity contribution is 5.94. The second kappa shape index (κ2) is 23.5. The van der Waals surface area contributed by atoms with Gasteiger partial charge in [-0.2, -0.15) is 0 Å². The van der Waals surface area contributed by atoms with E-state index >= 15 is 0 Å². The highest BCUT2D eigenvalue weighted by Gasteiger charge is 2.26. The minimum absolute atomic E-state index is 0.00476. The molecule has 13 heteroatoms. The number of carbonyl (C=O) groups excluding carboxylic acids is 5. The van der Waals surface area contributed by atoms with Gasteiger partial charge >= 0.3 is 29.8 Å². The summed E-state index contributed by atoms with van der Waals surface area (Å²) in [5.74, 6) is 8.26.